The van der Waals surface area contributed by atoms with E-state index in [9.17, 15) is 14.4 Å². The maximum absolute atomic E-state index is 11.3. The Kier molecular flexibility index (Phi) is 1.89. The van der Waals surface area contributed by atoms with Gasteiger partial charge in [-0.2, -0.15) is 0 Å². The van der Waals surface area contributed by atoms with Crippen molar-refractivity contribution in [2.45, 2.75) is 0 Å². The summed E-state index contributed by atoms with van der Waals surface area (Å²) in [7, 11) is 0. The Bertz CT molecular complexity index is 467. The molecule has 0 atom stereocenters. The minimum Gasteiger partial charge on any atom is -0.288 e. The molecule has 5 heteroatoms. The van der Waals surface area contributed by atoms with Gasteiger partial charge in [0.25, 0.3) is 11.8 Å². The van der Waals surface area contributed by atoms with E-state index >= 15 is 0 Å². The van der Waals surface area contributed by atoms with Gasteiger partial charge in [0.15, 0.2) is 0 Å². The number of nitrogens with one attached hydrogen (secondary N) is 1. The smallest absolute Gasteiger partial charge is 0.259 e. The van der Waals surface area contributed by atoms with E-state index in [4.69, 9.17) is 0 Å². The number of hydrogen-bond donors (Lipinski definition) is 2. The maximum atomic E-state index is 11.3. The molecule has 0 aromatic heterocycles. The fraction of sp³-hybridized carbons (Fsp3) is 0. The molecule has 70 valence electrons. The monoisotopic (exact) mass is 207 g/mol. The van der Waals surface area contributed by atoms with Gasteiger partial charge in [0.2, 0.25) is 5.12 Å². The second-order valence-electron chi connectivity index (χ2n) is 2.82. The molecule has 1 heterocycles. The normalized spacial score (nSPS) is 13.8. The molecule has 0 unspecified atom stereocenters. The Labute approximate surface area is 84.7 Å². The van der Waals surface area contributed by atoms with Crippen molar-refractivity contribution in [2.75, 3.05) is 0 Å². The molecule has 1 aromatic rings. The molecule has 0 fully saturated rings. The van der Waals surface area contributed by atoms with Crippen LogP contribution in [0.3, 0.4) is 0 Å². The lowest BCUT2D eigenvalue weighted by atomic mass is 10.0. The minimum atomic E-state index is -0.539. The average Bonchev–Trinajstić information content (AvgIpc) is 2.43. The molecular formula is C9H5NO3S. The van der Waals surface area contributed by atoms with E-state index in [2.05, 4.69) is 17.9 Å². The number of rotatable bonds is 1. The summed E-state index contributed by atoms with van der Waals surface area (Å²) in [6.45, 7) is 0. The van der Waals surface area contributed by atoms with Crippen LogP contribution in [0.4, 0.5) is 0 Å². The van der Waals surface area contributed by atoms with Crippen molar-refractivity contribution in [3.8, 4) is 0 Å². The Balaban J connectivity index is 2.74. The van der Waals surface area contributed by atoms with Crippen LogP contribution >= 0.6 is 12.6 Å². The van der Waals surface area contributed by atoms with Crippen molar-refractivity contribution >= 4 is 29.6 Å². The van der Waals surface area contributed by atoms with Crippen LogP contribution in [0.5, 0.6) is 0 Å². The van der Waals surface area contributed by atoms with Gasteiger partial charge in [0.05, 0.1) is 11.1 Å². The number of thiol groups is 1. The van der Waals surface area contributed by atoms with Crippen LogP contribution in [0.15, 0.2) is 18.2 Å². The number of fused-ring (bicyclic) bond motifs is 1. The highest BCUT2D eigenvalue weighted by molar-refractivity contribution is 7.97. The van der Waals surface area contributed by atoms with Crippen LogP contribution in [0, 0.1) is 0 Å². The third-order valence-electron chi connectivity index (χ3n) is 1.99. The molecule has 0 aliphatic carbocycles. The number of amides is 2. The summed E-state index contributed by atoms with van der Waals surface area (Å²) in [5.74, 6) is -1.01. The van der Waals surface area contributed by atoms with Crippen LogP contribution < -0.4 is 5.32 Å². The first-order valence-corrected chi connectivity index (χ1v) is 4.28. The standard InChI is InChI=1S/C9H5NO3S/c11-7-4-2-1-3-5(9(13)14)6(4)8(12)10-7/h1-3H,(H,13,14)(H,10,11,12). The molecule has 4 nitrogen and oxygen atoms in total. The quantitative estimate of drug-likeness (QED) is 0.524. The van der Waals surface area contributed by atoms with Crippen molar-refractivity contribution < 1.29 is 14.4 Å². The van der Waals surface area contributed by atoms with Crippen molar-refractivity contribution in [1.82, 2.24) is 5.32 Å². The molecule has 0 saturated heterocycles. The molecule has 2 amide bonds. The SMILES string of the molecule is O=C(S)c1cccc2c1C(=O)NC2=O. The van der Waals surface area contributed by atoms with E-state index in [-0.39, 0.29) is 16.7 Å². The first-order chi connectivity index (χ1) is 6.61. The average molecular weight is 207 g/mol. The zero-order chi connectivity index (χ0) is 10.3. The molecule has 0 radical (unpaired) electrons. The van der Waals surface area contributed by atoms with E-state index < -0.39 is 16.9 Å². The van der Waals surface area contributed by atoms with E-state index in [0.29, 0.717) is 0 Å². The first kappa shape index (κ1) is 8.96. The van der Waals surface area contributed by atoms with Gasteiger partial charge < -0.3 is 0 Å². The van der Waals surface area contributed by atoms with Gasteiger partial charge in [-0.1, -0.05) is 6.07 Å². The summed E-state index contributed by atoms with van der Waals surface area (Å²) in [4.78, 5) is 33.5. The van der Waals surface area contributed by atoms with Crippen molar-refractivity contribution in [1.29, 1.82) is 0 Å². The van der Waals surface area contributed by atoms with E-state index in [1.807, 2.05) is 0 Å². The van der Waals surface area contributed by atoms with Crippen molar-refractivity contribution in [3.05, 3.63) is 34.9 Å². The second-order valence-corrected chi connectivity index (χ2v) is 3.22. The molecule has 2 rings (SSSR count). The Morgan fingerprint density at radius 2 is 1.93 bits per heavy atom. The summed E-state index contributed by atoms with van der Waals surface area (Å²) in [6.07, 6.45) is 0. The maximum Gasteiger partial charge on any atom is 0.259 e. The van der Waals surface area contributed by atoms with Gasteiger partial charge in [-0.3, -0.25) is 19.7 Å². The molecule has 1 aliphatic heterocycles. The second kappa shape index (κ2) is 2.95. The molecule has 14 heavy (non-hydrogen) atoms. The predicted molar refractivity (Wildman–Crippen MR) is 51.6 cm³/mol. The summed E-state index contributed by atoms with van der Waals surface area (Å²) >= 11 is 3.63. The Morgan fingerprint density at radius 1 is 1.21 bits per heavy atom. The Hall–Kier alpha value is -1.62. The predicted octanol–water partition coefficient (Wildman–Crippen LogP) is 0.640. The highest BCUT2D eigenvalue weighted by atomic mass is 32.1. The van der Waals surface area contributed by atoms with E-state index in [0.717, 1.165) is 0 Å². The molecule has 1 aromatic carbocycles. The minimum absolute atomic E-state index is 0.123. The number of benzene rings is 1. The van der Waals surface area contributed by atoms with Gasteiger partial charge in [0.1, 0.15) is 0 Å². The third-order valence-corrected chi connectivity index (χ3v) is 2.23. The molecule has 0 spiro atoms. The molecular weight excluding hydrogens is 202 g/mol. The van der Waals surface area contributed by atoms with Gasteiger partial charge in [-0.05, 0) is 12.1 Å². The lowest BCUT2D eigenvalue weighted by Gasteiger charge is -1.99. The molecule has 1 aliphatic rings. The van der Waals surface area contributed by atoms with E-state index in [1.165, 1.54) is 12.1 Å². The number of hydrogen-bond acceptors (Lipinski definition) is 3. The topological polar surface area (TPSA) is 63.2 Å². The largest absolute Gasteiger partial charge is 0.288 e. The highest BCUT2D eigenvalue weighted by Crippen LogP contribution is 2.20. The fourth-order valence-electron chi connectivity index (χ4n) is 1.40. The molecule has 1 N–H and O–H groups in total. The summed E-state index contributed by atoms with van der Waals surface area (Å²) < 4.78 is 0. The summed E-state index contributed by atoms with van der Waals surface area (Å²) in [6, 6.07) is 4.50. The zero-order valence-electron chi connectivity index (χ0n) is 6.90. The van der Waals surface area contributed by atoms with Gasteiger partial charge >= 0.3 is 0 Å². The summed E-state index contributed by atoms with van der Waals surface area (Å²) in [5.41, 5.74) is 0.515. The third kappa shape index (κ3) is 1.13. The molecule has 0 saturated carbocycles. The van der Waals surface area contributed by atoms with Gasteiger partial charge in [-0.15, -0.1) is 12.6 Å². The Morgan fingerprint density at radius 3 is 2.57 bits per heavy atom. The lowest BCUT2D eigenvalue weighted by molar-refractivity contribution is 0.0877. The van der Waals surface area contributed by atoms with Gasteiger partial charge in [0, 0.05) is 5.56 Å². The lowest BCUT2D eigenvalue weighted by Crippen LogP contribution is -2.20. The van der Waals surface area contributed by atoms with Gasteiger partial charge in [-0.25, -0.2) is 0 Å². The van der Waals surface area contributed by atoms with Crippen LogP contribution in [-0.4, -0.2) is 16.9 Å². The van der Waals surface area contributed by atoms with Crippen LogP contribution in [-0.2, 0) is 0 Å². The van der Waals surface area contributed by atoms with Crippen molar-refractivity contribution in [3.63, 3.8) is 0 Å². The molecule has 0 bridgehead atoms. The van der Waals surface area contributed by atoms with Crippen LogP contribution in [0.1, 0.15) is 31.1 Å². The van der Waals surface area contributed by atoms with Crippen LogP contribution in [0.2, 0.25) is 0 Å². The fourth-order valence-corrected chi connectivity index (χ4v) is 1.58. The van der Waals surface area contributed by atoms with Crippen LogP contribution in [0.25, 0.3) is 0 Å². The number of carbonyl (C=O) groups is 3. The number of imide groups is 1. The first-order valence-electron chi connectivity index (χ1n) is 3.83. The van der Waals surface area contributed by atoms with E-state index in [1.54, 1.807) is 6.07 Å². The van der Waals surface area contributed by atoms with Crippen molar-refractivity contribution in [2.24, 2.45) is 0 Å². The summed E-state index contributed by atoms with van der Waals surface area (Å²) in [5, 5.41) is 1.59. The number of carbonyl (C=O) groups excluding carboxylic acids is 3. The zero-order valence-corrected chi connectivity index (χ0v) is 7.80. The highest BCUT2D eigenvalue weighted by Gasteiger charge is 2.30.